The molecule has 0 bridgehead atoms. The van der Waals surface area contributed by atoms with Gasteiger partial charge in [0, 0.05) is 46.4 Å². The third-order valence-electron chi connectivity index (χ3n) is 5.99. The Kier molecular flexibility index (Phi) is 6.56. The van der Waals surface area contributed by atoms with Crippen molar-refractivity contribution in [2.75, 3.05) is 7.11 Å². The van der Waals surface area contributed by atoms with E-state index in [9.17, 15) is 14.4 Å². The molecular formula is C28H17Cl2N3O4. The highest BCUT2D eigenvalue weighted by Crippen LogP contribution is 2.42. The van der Waals surface area contributed by atoms with Gasteiger partial charge < -0.3 is 4.74 Å². The summed E-state index contributed by atoms with van der Waals surface area (Å²) in [6.45, 7) is 0. The van der Waals surface area contributed by atoms with Crippen LogP contribution in [0.4, 0.5) is 0 Å². The maximum Gasteiger partial charge on any atom is 0.268 e. The number of carbonyl (C=O) groups excluding carboxylic acids is 2. The number of aromatic nitrogens is 3. The number of halogens is 2. The molecule has 0 saturated heterocycles. The molecule has 0 unspecified atom stereocenters. The maximum absolute atomic E-state index is 12.4. The lowest BCUT2D eigenvalue weighted by Crippen LogP contribution is -2.18. The van der Waals surface area contributed by atoms with Gasteiger partial charge in [-0.1, -0.05) is 59.6 Å². The van der Waals surface area contributed by atoms with E-state index in [1.54, 1.807) is 30.6 Å². The van der Waals surface area contributed by atoms with Gasteiger partial charge in [-0.25, -0.2) is 9.97 Å². The molecule has 0 saturated carbocycles. The van der Waals surface area contributed by atoms with E-state index in [-0.39, 0.29) is 11.3 Å². The van der Waals surface area contributed by atoms with Crippen molar-refractivity contribution >= 4 is 41.4 Å². The largest absolute Gasteiger partial charge is 0.494 e. The van der Waals surface area contributed by atoms with Crippen molar-refractivity contribution < 1.29 is 14.3 Å². The smallest absolute Gasteiger partial charge is 0.268 e. The third-order valence-corrected chi connectivity index (χ3v) is 6.80. The highest BCUT2D eigenvalue weighted by molar-refractivity contribution is 6.39. The van der Waals surface area contributed by atoms with Gasteiger partial charge in [0.2, 0.25) is 0 Å². The fraction of sp³-hybridized carbons (Fsp3) is 0.0357. The Hall–Kier alpha value is -4.33. The number of methoxy groups -OCH3 is 1. The van der Waals surface area contributed by atoms with Crippen LogP contribution >= 0.6 is 23.2 Å². The van der Waals surface area contributed by atoms with Gasteiger partial charge in [-0.3, -0.25) is 18.8 Å². The average Bonchev–Trinajstić information content (AvgIpc) is 2.93. The first-order valence-electron chi connectivity index (χ1n) is 11.0. The molecule has 0 amide bonds. The predicted molar refractivity (Wildman–Crippen MR) is 143 cm³/mol. The zero-order chi connectivity index (χ0) is 26.1. The Morgan fingerprint density at radius 3 is 2.08 bits per heavy atom. The van der Waals surface area contributed by atoms with Crippen molar-refractivity contribution in [3.8, 4) is 39.1 Å². The molecule has 0 N–H and O–H groups in total. The van der Waals surface area contributed by atoms with Crippen LogP contribution in [-0.4, -0.2) is 34.1 Å². The number of rotatable bonds is 6. The molecule has 37 heavy (non-hydrogen) atoms. The minimum atomic E-state index is -0.442. The molecule has 9 heteroatoms. The molecule has 0 aliphatic heterocycles. The van der Waals surface area contributed by atoms with E-state index in [1.807, 2.05) is 36.4 Å². The molecule has 182 valence electrons. The minimum Gasteiger partial charge on any atom is -0.494 e. The second-order valence-electron chi connectivity index (χ2n) is 8.04. The van der Waals surface area contributed by atoms with E-state index in [0.717, 1.165) is 11.1 Å². The van der Waals surface area contributed by atoms with Gasteiger partial charge >= 0.3 is 0 Å². The van der Waals surface area contributed by atoms with E-state index < -0.39 is 5.56 Å². The van der Waals surface area contributed by atoms with Gasteiger partial charge in [-0.15, -0.1) is 0 Å². The molecule has 0 aliphatic carbocycles. The number of hydrogen-bond acceptors (Lipinski definition) is 6. The van der Waals surface area contributed by atoms with Crippen LogP contribution in [0.1, 0.15) is 20.8 Å². The SMILES string of the molecule is COc1cc(-c2cccc(-c3cccc(-c4ccn5c(=O)c(C=O)cnc5c4)c3Cl)c2Cl)cnc1C=O. The second kappa shape index (κ2) is 9.97. The van der Waals surface area contributed by atoms with Crippen molar-refractivity contribution in [3.05, 3.63) is 105 Å². The number of fused-ring (bicyclic) bond motifs is 1. The topological polar surface area (TPSA) is 90.6 Å². The lowest BCUT2D eigenvalue weighted by Gasteiger charge is -2.15. The first kappa shape index (κ1) is 24.4. The maximum atomic E-state index is 12.4. The van der Waals surface area contributed by atoms with Crippen LogP contribution in [0.25, 0.3) is 39.0 Å². The summed E-state index contributed by atoms with van der Waals surface area (Å²) in [7, 11) is 1.47. The van der Waals surface area contributed by atoms with E-state index in [2.05, 4.69) is 9.97 Å². The molecule has 7 nitrogen and oxygen atoms in total. The van der Waals surface area contributed by atoms with Gasteiger partial charge in [-0.05, 0) is 23.8 Å². The molecule has 3 aromatic heterocycles. The molecule has 0 fully saturated rings. The number of ether oxygens (including phenoxy) is 1. The monoisotopic (exact) mass is 529 g/mol. The van der Waals surface area contributed by atoms with E-state index in [1.165, 1.54) is 17.7 Å². The van der Waals surface area contributed by atoms with Gasteiger partial charge in [0.05, 0.1) is 22.7 Å². The zero-order valence-corrected chi connectivity index (χ0v) is 20.8. The summed E-state index contributed by atoms with van der Waals surface area (Å²) in [5.74, 6) is 0.346. The highest BCUT2D eigenvalue weighted by Gasteiger charge is 2.17. The van der Waals surface area contributed by atoms with Gasteiger partial charge in [0.1, 0.15) is 17.1 Å². The standard InChI is InChI=1S/C28H17Cl2N3O4/c1-37-24-10-17(12-31-23(24)15-35)20-5-3-7-22(27(20)30)21-6-2-4-19(26(21)29)16-8-9-33-25(11-16)32-13-18(14-34)28(33)36/h2-15H,1H3. The summed E-state index contributed by atoms with van der Waals surface area (Å²) < 4.78 is 6.60. The Morgan fingerprint density at radius 1 is 0.811 bits per heavy atom. The number of nitrogens with zero attached hydrogens (tertiary/aromatic N) is 3. The van der Waals surface area contributed by atoms with Crippen LogP contribution in [0.2, 0.25) is 10.0 Å². The number of benzene rings is 2. The zero-order valence-electron chi connectivity index (χ0n) is 19.3. The first-order chi connectivity index (χ1) is 18.0. The van der Waals surface area contributed by atoms with Gasteiger partial charge in [0.25, 0.3) is 5.56 Å². The molecule has 0 radical (unpaired) electrons. The molecule has 2 aromatic carbocycles. The van der Waals surface area contributed by atoms with Crippen LogP contribution in [0.15, 0.2) is 78.0 Å². The summed E-state index contributed by atoms with van der Waals surface area (Å²) in [6, 6.07) is 16.3. The number of carbonyl (C=O) groups is 2. The van der Waals surface area contributed by atoms with Crippen LogP contribution < -0.4 is 10.3 Å². The average molecular weight is 530 g/mol. The molecule has 5 rings (SSSR count). The molecule has 5 aromatic rings. The number of aldehydes is 2. The normalized spacial score (nSPS) is 10.9. The second-order valence-corrected chi connectivity index (χ2v) is 8.80. The van der Waals surface area contributed by atoms with E-state index in [4.69, 9.17) is 27.9 Å². The van der Waals surface area contributed by atoms with E-state index >= 15 is 0 Å². The molecule has 0 spiro atoms. The lowest BCUT2D eigenvalue weighted by molar-refractivity contribution is 0.111. The first-order valence-corrected chi connectivity index (χ1v) is 11.8. The summed E-state index contributed by atoms with van der Waals surface area (Å²) in [4.78, 5) is 43.1. The number of hydrogen-bond donors (Lipinski definition) is 0. The van der Waals surface area contributed by atoms with E-state index in [0.29, 0.717) is 56.3 Å². The highest BCUT2D eigenvalue weighted by atomic mass is 35.5. The van der Waals surface area contributed by atoms with Crippen LogP contribution in [0, 0.1) is 0 Å². The van der Waals surface area contributed by atoms with Crippen molar-refractivity contribution in [2.24, 2.45) is 0 Å². The van der Waals surface area contributed by atoms with Gasteiger partial charge in [0.15, 0.2) is 12.6 Å². The van der Waals surface area contributed by atoms with Crippen LogP contribution in [-0.2, 0) is 0 Å². The Bertz CT molecular complexity index is 1770. The molecule has 0 atom stereocenters. The van der Waals surface area contributed by atoms with Crippen molar-refractivity contribution in [2.45, 2.75) is 0 Å². The molecule has 3 heterocycles. The minimum absolute atomic E-state index is 0.0200. The van der Waals surface area contributed by atoms with Crippen LogP contribution in [0.3, 0.4) is 0 Å². The summed E-state index contributed by atoms with van der Waals surface area (Å²) in [6.07, 6.45) is 5.49. The number of pyridine rings is 2. The third kappa shape index (κ3) is 4.28. The van der Waals surface area contributed by atoms with Crippen molar-refractivity contribution in [3.63, 3.8) is 0 Å². The molecular weight excluding hydrogens is 513 g/mol. The Labute approximate surface area is 220 Å². The molecule has 0 aliphatic rings. The predicted octanol–water partition coefficient (Wildman–Crippen LogP) is 6.03. The lowest BCUT2D eigenvalue weighted by atomic mass is 9.96. The fourth-order valence-electron chi connectivity index (χ4n) is 4.12. The van der Waals surface area contributed by atoms with Crippen molar-refractivity contribution in [1.82, 2.24) is 14.4 Å². The Balaban J connectivity index is 1.62. The summed E-state index contributed by atoms with van der Waals surface area (Å²) >= 11 is 13.8. The fourth-order valence-corrected chi connectivity index (χ4v) is 4.79. The van der Waals surface area contributed by atoms with Crippen molar-refractivity contribution in [1.29, 1.82) is 0 Å². The van der Waals surface area contributed by atoms with Crippen LogP contribution in [0.5, 0.6) is 5.75 Å². The Morgan fingerprint density at radius 2 is 1.46 bits per heavy atom. The summed E-state index contributed by atoms with van der Waals surface area (Å²) in [5, 5.41) is 0.919. The quantitative estimate of drug-likeness (QED) is 0.249. The van der Waals surface area contributed by atoms with Gasteiger partial charge in [-0.2, -0.15) is 0 Å². The summed E-state index contributed by atoms with van der Waals surface area (Å²) in [5.41, 5.74) is 4.37.